The third-order valence-electron chi connectivity index (χ3n) is 5.11. The molecule has 5 nitrogen and oxygen atoms in total. The maximum Gasteiger partial charge on any atom is 0.244 e. The molecule has 0 spiro atoms. The Bertz CT molecular complexity index is 970. The second-order valence-electron chi connectivity index (χ2n) is 7.65. The number of carbonyl (C=O) groups excluding carboxylic acids is 1. The number of sulfonamides is 1. The van der Waals surface area contributed by atoms with Gasteiger partial charge in [-0.3, -0.25) is 9.10 Å². The van der Waals surface area contributed by atoms with Gasteiger partial charge in [-0.2, -0.15) is 0 Å². The third-order valence-corrected chi connectivity index (χ3v) is 6.29. The number of amides is 1. The number of hydrogen-bond donors (Lipinski definition) is 1. The van der Waals surface area contributed by atoms with Crippen LogP contribution in [0.2, 0.25) is 0 Å². The highest BCUT2D eigenvalue weighted by Gasteiger charge is 2.32. The van der Waals surface area contributed by atoms with E-state index in [0.29, 0.717) is 12.1 Å². The molecule has 0 aliphatic rings. The number of nitrogens with one attached hydrogen (secondary N) is 1. The molecule has 0 heterocycles. The monoisotopic (exact) mass is 416 g/mol. The van der Waals surface area contributed by atoms with Crippen LogP contribution in [0.25, 0.3) is 0 Å². The summed E-state index contributed by atoms with van der Waals surface area (Å²) in [5.41, 5.74) is 4.79. The van der Waals surface area contributed by atoms with Crippen molar-refractivity contribution in [3.63, 3.8) is 0 Å². The van der Waals surface area contributed by atoms with E-state index in [1.54, 1.807) is 18.2 Å². The maximum atomic E-state index is 13.2. The number of benzene rings is 2. The van der Waals surface area contributed by atoms with Gasteiger partial charge >= 0.3 is 0 Å². The fourth-order valence-electron chi connectivity index (χ4n) is 3.71. The van der Waals surface area contributed by atoms with Crippen LogP contribution in [0.3, 0.4) is 0 Å². The van der Waals surface area contributed by atoms with Crippen molar-refractivity contribution in [3.05, 3.63) is 64.7 Å². The Balaban J connectivity index is 2.38. The van der Waals surface area contributed by atoms with Crippen molar-refractivity contribution >= 4 is 21.6 Å². The van der Waals surface area contributed by atoms with Crippen LogP contribution < -0.4 is 9.62 Å². The van der Waals surface area contributed by atoms with Crippen molar-refractivity contribution < 1.29 is 13.2 Å². The molecule has 0 radical (unpaired) electrons. The van der Waals surface area contributed by atoms with Gasteiger partial charge in [0.2, 0.25) is 15.9 Å². The smallest absolute Gasteiger partial charge is 0.244 e. The predicted octanol–water partition coefficient (Wildman–Crippen LogP) is 4.42. The van der Waals surface area contributed by atoms with Crippen LogP contribution in [-0.4, -0.2) is 26.6 Å². The lowest BCUT2D eigenvalue weighted by Gasteiger charge is -2.32. The normalized spacial score (nSPS) is 13.6. The standard InChI is InChI=1S/C23H32N2O3S/c1-7-21(20-13-12-17(4)14-18(20)5)24-23(26)22(8-2)25(29(6,27)28)19-11-9-10-16(3)15-19/h9-15,21-22H,7-8H2,1-6H3,(H,24,26)/t21-,22-/m0/s1. The number of nitrogens with zero attached hydrogens (tertiary/aromatic N) is 1. The van der Waals surface area contributed by atoms with Gasteiger partial charge in [0.05, 0.1) is 18.0 Å². The van der Waals surface area contributed by atoms with Gasteiger partial charge in [0, 0.05) is 0 Å². The van der Waals surface area contributed by atoms with E-state index in [4.69, 9.17) is 0 Å². The van der Waals surface area contributed by atoms with Gasteiger partial charge < -0.3 is 5.32 Å². The third kappa shape index (κ3) is 5.60. The van der Waals surface area contributed by atoms with Gasteiger partial charge in [0.1, 0.15) is 6.04 Å². The molecule has 2 aromatic rings. The molecular weight excluding hydrogens is 384 g/mol. The molecule has 2 aromatic carbocycles. The fraction of sp³-hybridized carbons (Fsp3) is 0.435. The average molecular weight is 417 g/mol. The molecule has 0 aliphatic carbocycles. The zero-order valence-corrected chi connectivity index (χ0v) is 19.0. The predicted molar refractivity (Wildman–Crippen MR) is 120 cm³/mol. The van der Waals surface area contributed by atoms with E-state index < -0.39 is 16.1 Å². The van der Waals surface area contributed by atoms with Gasteiger partial charge in [-0.15, -0.1) is 0 Å². The molecule has 2 atom stereocenters. The summed E-state index contributed by atoms with van der Waals surface area (Å²) in [6, 6.07) is 12.4. The maximum absolute atomic E-state index is 13.2. The molecule has 0 aliphatic heterocycles. The molecule has 0 aromatic heterocycles. The number of carbonyl (C=O) groups is 1. The lowest BCUT2D eigenvalue weighted by atomic mass is 9.97. The van der Waals surface area contributed by atoms with E-state index in [0.717, 1.165) is 29.4 Å². The van der Waals surface area contributed by atoms with Crippen LogP contribution in [0.1, 0.15) is 55.0 Å². The Morgan fingerprint density at radius 2 is 1.66 bits per heavy atom. The lowest BCUT2D eigenvalue weighted by Crippen LogP contribution is -2.50. The minimum atomic E-state index is -3.64. The zero-order chi connectivity index (χ0) is 21.8. The summed E-state index contributed by atoms with van der Waals surface area (Å²) in [5.74, 6) is -0.286. The highest BCUT2D eigenvalue weighted by atomic mass is 32.2. The molecule has 0 saturated heterocycles. The summed E-state index contributed by atoms with van der Waals surface area (Å²) >= 11 is 0. The Labute approximate surface area is 175 Å². The summed E-state index contributed by atoms with van der Waals surface area (Å²) in [4.78, 5) is 13.2. The van der Waals surface area contributed by atoms with Crippen LogP contribution in [0.15, 0.2) is 42.5 Å². The van der Waals surface area contributed by atoms with E-state index in [2.05, 4.69) is 11.4 Å². The van der Waals surface area contributed by atoms with E-state index >= 15 is 0 Å². The number of rotatable bonds is 8. The SMILES string of the molecule is CC[C@H](NC(=O)[C@H](CC)N(c1cccc(C)c1)S(C)(=O)=O)c1ccc(C)cc1C. The minimum absolute atomic E-state index is 0.170. The molecule has 29 heavy (non-hydrogen) atoms. The van der Waals surface area contributed by atoms with Gasteiger partial charge in [0.15, 0.2) is 0 Å². The molecule has 0 bridgehead atoms. The molecule has 0 unspecified atom stereocenters. The molecule has 158 valence electrons. The summed E-state index contributed by atoms with van der Waals surface area (Å²) < 4.78 is 26.5. The summed E-state index contributed by atoms with van der Waals surface area (Å²) in [6.07, 6.45) is 2.23. The first-order chi connectivity index (χ1) is 13.6. The minimum Gasteiger partial charge on any atom is -0.347 e. The van der Waals surface area contributed by atoms with Crippen molar-refractivity contribution in [3.8, 4) is 0 Å². The summed E-state index contributed by atoms with van der Waals surface area (Å²) in [7, 11) is -3.64. The first-order valence-corrected chi connectivity index (χ1v) is 11.9. The Morgan fingerprint density at radius 3 is 2.17 bits per heavy atom. The first-order valence-electron chi connectivity index (χ1n) is 10.0. The molecule has 1 N–H and O–H groups in total. The molecule has 1 amide bonds. The van der Waals surface area contributed by atoms with Crippen LogP contribution in [-0.2, 0) is 14.8 Å². The van der Waals surface area contributed by atoms with Crippen molar-refractivity contribution in [2.24, 2.45) is 0 Å². The van der Waals surface area contributed by atoms with Crippen LogP contribution in [0, 0.1) is 20.8 Å². The second kappa shape index (κ2) is 9.44. The largest absolute Gasteiger partial charge is 0.347 e. The highest BCUT2D eigenvalue weighted by Crippen LogP contribution is 2.26. The van der Waals surface area contributed by atoms with E-state index in [1.807, 2.05) is 52.8 Å². The van der Waals surface area contributed by atoms with Crippen molar-refractivity contribution in [1.82, 2.24) is 5.32 Å². The summed E-state index contributed by atoms with van der Waals surface area (Å²) in [6.45, 7) is 9.81. The van der Waals surface area contributed by atoms with Crippen molar-refractivity contribution in [2.75, 3.05) is 10.6 Å². The van der Waals surface area contributed by atoms with Gasteiger partial charge in [-0.05, 0) is 62.4 Å². The Morgan fingerprint density at radius 1 is 1.00 bits per heavy atom. The van der Waals surface area contributed by atoms with Crippen LogP contribution >= 0.6 is 0 Å². The van der Waals surface area contributed by atoms with Crippen molar-refractivity contribution in [2.45, 2.75) is 59.5 Å². The van der Waals surface area contributed by atoms with Crippen molar-refractivity contribution in [1.29, 1.82) is 0 Å². The molecule has 0 saturated carbocycles. The lowest BCUT2D eigenvalue weighted by molar-refractivity contribution is -0.123. The quantitative estimate of drug-likeness (QED) is 0.692. The average Bonchev–Trinajstić information content (AvgIpc) is 2.63. The first kappa shape index (κ1) is 22.9. The number of hydrogen-bond acceptors (Lipinski definition) is 3. The second-order valence-corrected chi connectivity index (χ2v) is 9.51. The number of anilines is 1. The Hall–Kier alpha value is -2.34. The Kier molecular flexibility index (Phi) is 7.47. The zero-order valence-electron chi connectivity index (χ0n) is 18.2. The molecular formula is C23H32N2O3S. The van der Waals surface area contributed by atoms with E-state index in [9.17, 15) is 13.2 Å². The van der Waals surface area contributed by atoms with Crippen LogP contribution in [0.4, 0.5) is 5.69 Å². The molecule has 2 rings (SSSR count). The fourth-order valence-corrected chi connectivity index (χ4v) is 4.91. The van der Waals surface area contributed by atoms with Gasteiger partial charge in [0.25, 0.3) is 0 Å². The van der Waals surface area contributed by atoms with Gasteiger partial charge in [-0.25, -0.2) is 8.42 Å². The van der Waals surface area contributed by atoms with E-state index in [1.165, 1.54) is 9.87 Å². The topological polar surface area (TPSA) is 66.5 Å². The molecule has 6 heteroatoms. The van der Waals surface area contributed by atoms with Crippen LogP contribution in [0.5, 0.6) is 0 Å². The highest BCUT2D eigenvalue weighted by molar-refractivity contribution is 7.92. The van der Waals surface area contributed by atoms with E-state index in [-0.39, 0.29) is 11.9 Å². The summed E-state index contributed by atoms with van der Waals surface area (Å²) in [5, 5.41) is 3.09. The molecule has 0 fully saturated rings. The number of aryl methyl sites for hydroxylation is 3. The van der Waals surface area contributed by atoms with Gasteiger partial charge in [-0.1, -0.05) is 49.7 Å².